The molecule has 1 atom stereocenters. The summed E-state index contributed by atoms with van der Waals surface area (Å²) in [7, 11) is 1.57. The fraction of sp³-hybridized carbons (Fsp3) is 0.440. The molecule has 31 heavy (non-hydrogen) atoms. The van der Waals surface area contributed by atoms with Crippen LogP contribution in [0.3, 0.4) is 0 Å². The van der Waals surface area contributed by atoms with E-state index in [-0.39, 0.29) is 24.0 Å². The monoisotopic (exact) mass is 422 g/mol. The van der Waals surface area contributed by atoms with Crippen molar-refractivity contribution in [3.8, 4) is 11.5 Å². The van der Waals surface area contributed by atoms with Gasteiger partial charge in [-0.25, -0.2) is 0 Å². The van der Waals surface area contributed by atoms with Gasteiger partial charge < -0.3 is 20.1 Å². The third-order valence-corrected chi connectivity index (χ3v) is 5.85. The third kappa shape index (κ3) is 5.78. The van der Waals surface area contributed by atoms with Gasteiger partial charge in [0.2, 0.25) is 5.91 Å². The Kier molecular flexibility index (Phi) is 6.75. The van der Waals surface area contributed by atoms with Crippen LogP contribution in [-0.2, 0) is 11.2 Å². The summed E-state index contributed by atoms with van der Waals surface area (Å²) in [5, 5.41) is 5.92. The molecule has 0 bridgehead atoms. The quantitative estimate of drug-likeness (QED) is 0.647. The molecule has 6 nitrogen and oxygen atoms in total. The molecule has 0 aliphatic heterocycles. The average molecular weight is 423 g/mol. The first-order valence-corrected chi connectivity index (χ1v) is 11.1. The predicted octanol–water partition coefficient (Wildman–Crippen LogP) is 3.64. The second-order valence-corrected chi connectivity index (χ2v) is 8.39. The summed E-state index contributed by atoms with van der Waals surface area (Å²) < 4.78 is 11.5. The molecule has 0 saturated heterocycles. The van der Waals surface area contributed by atoms with Crippen LogP contribution in [-0.4, -0.2) is 37.1 Å². The predicted molar refractivity (Wildman–Crippen MR) is 118 cm³/mol. The maximum atomic E-state index is 13.0. The number of amides is 2. The molecule has 0 radical (unpaired) electrons. The fourth-order valence-corrected chi connectivity index (χ4v) is 3.92. The minimum atomic E-state index is -0.643. The van der Waals surface area contributed by atoms with Crippen molar-refractivity contribution < 1.29 is 19.1 Å². The molecule has 2 aromatic carbocycles. The maximum absolute atomic E-state index is 13.0. The van der Waals surface area contributed by atoms with Gasteiger partial charge >= 0.3 is 0 Å². The highest BCUT2D eigenvalue weighted by molar-refractivity contribution is 5.98. The lowest BCUT2D eigenvalue weighted by atomic mass is 10.0. The summed E-state index contributed by atoms with van der Waals surface area (Å²) in [6, 6.07) is 14.5. The highest BCUT2D eigenvalue weighted by Gasteiger charge is 2.29. The normalized spacial score (nSPS) is 17.1. The lowest BCUT2D eigenvalue weighted by Gasteiger charge is -2.20. The Morgan fingerprint density at radius 2 is 1.74 bits per heavy atom. The summed E-state index contributed by atoms with van der Waals surface area (Å²) in [6.45, 7) is 0. The Morgan fingerprint density at radius 1 is 1.00 bits per heavy atom. The van der Waals surface area contributed by atoms with Crippen LogP contribution < -0.4 is 20.1 Å². The number of ether oxygens (including phenoxy) is 2. The lowest BCUT2D eigenvalue weighted by molar-refractivity contribution is -0.123. The van der Waals surface area contributed by atoms with Crippen molar-refractivity contribution in [3.63, 3.8) is 0 Å². The van der Waals surface area contributed by atoms with Crippen LogP contribution in [0.15, 0.2) is 48.5 Å². The molecule has 2 fully saturated rings. The van der Waals surface area contributed by atoms with Crippen LogP contribution in [0, 0.1) is 0 Å². The van der Waals surface area contributed by atoms with Crippen molar-refractivity contribution in [2.24, 2.45) is 0 Å². The van der Waals surface area contributed by atoms with Crippen molar-refractivity contribution in [2.45, 2.75) is 63.1 Å². The number of rotatable bonds is 9. The van der Waals surface area contributed by atoms with E-state index in [2.05, 4.69) is 10.6 Å². The highest BCUT2D eigenvalue weighted by Crippen LogP contribution is 2.32. The largest absolute Gasteiger partial charge is 0.493 e. The van der Waals surface area contributed by atoms with E-state index >= 15 is 0 Å². The lowest BCUT2D eigenvalue weighted by Crippen LogP contribution is -2.48. The SMILES string of the molecule is COc1cc(C(=O)NC(Cc2ccccc2)C(=O)NC2CC2)ccc1OC1CCCC1. The van der Waals surface area contributed by atoms with Crippen molar-refractivity contribution in [1.82, 2.24) is 10.6 Å². The average Bonchev–Trinajstić information content (AvgIpc) is 3.45. The topological polar surface area (TPSA) is 76.7 Å². The van der Waals surface area contributed by atoms with Gasteiger partial charge in [0.25, 0.3) is 5.91 Å². The number of methoxy groups -OCH3 is 1. The Labute approximate surface area is 183 Å². The second kappa shape index (κ2) is 9.86. The van der Waals surface area contributed by atoms with E-state index in [9.17, 15) is 9.59 Å². The fourth-order valence-electron chi connectivity index (χ4n) is 3.92. The zero-order valence-corrected chi connectivity index (χ0v) is 17.9. The van der Waals surface area contributed by atoms with Crippen molar-refractivity contribution in [1.29, 1.82) is 0 Å². The minimum Gasteiger partial charge on any atom is -0.493 e. The van der Waals surface area contributed by atoms with Crippen molar-refractivity contribution in [3.05, 3.63) is 59.7 Å². The molecule has 2 amide bonds. The zero-order chi connectivity index (χ0) is 21.6. The van der Waals surface area contributed by atoms with E-state index in [4.69, 9.17) is 9.47 Å². The van der Waals surface area contributed by atoms with Gasteiger partial charge in [-0.1, -0.05) is 30.3 Å². The summed E-state index contributed by atoms with van der Waals surface area (Å²) in [4.78, 5) is 25.8. The Morgan fingerprint density at radius 3 is 2.42 bits per heavy atom. The van der Waals surface area contributed by atoms with Crippen LogP contribution in [0.5, 0.6) is 11.5 Å². The van der Waals surface area contributed by atoms with Gasteiger partial charge in [-0.2, -0.15) is 0 Å². The van der Waals surface area contributed by atoms with Gasteiger partial charge in [0.1, 0.15) is 6.04 Å². The number of benzene rings is 2. The number of carbonyl (C=O) groups is 2. The summed E-state index contributed by atoms with van der Waals surface area (Å²) >= 11 is 0. The first-order valence-electron chi connectivity index (χ1n) is 11.1. The summed E-state index contributed by atoms with van der Waals surface area (Å²) in [6.07, 6.45) is 7.08. The van der Waals surface area contributed by atoms with Gasteiger partial charge in [-0.3, -0.25) is 9.59 Å². The summed E-state index contributed by atoms with van der Waals surface area (Å²) in [5.41, 5.74) is 1.43. The Bertz CT molecular complexity index is 905. The van der Waals surface area contributed by atoms with E-state index in [0.29, 0.717) is 23.5 Å². The number of hydrogen-bond acceptors (Lipinski definition) is 4. The third-order valence-electron chi connectivity index (χ3n) is 5.85. The molecule has 2 aromatic rings. The first-order chi connectivity index (χ1) is 15.1. The number of carbonyl (C=O) groups excluding carboxylic acids is 2. The molecule has 164 valence electrons. The van der Waals surface area contributed by atoms with Gasteiger partial charge in [0.05, 0.1) is 13.2 Å². The molecule has 0 heterocycles. The van der Waals surface area contributed by atoms with E-state index in [0.717, 1.165) is 31.2 Å². The minimum absolute atomic E-state index is 0.146. The van der Waals surface area contributed by atoms with E-state index in [1.807, 2.05) is 30.3 Å². The second-order valence-electron chi connectivity index (χ2n) is 8.39. The van der Waals surface area contributed by atoms with Crippen LogP contribution in [0.1, 0.15) is 54.4 Å². The standard InChI is InChI=1S/C25H30N2O4/c1-30-23-16-18(11-14-22(23)31-20-9-5-6-10-20)24(28)27-21(25(29)26-19-12-13-19)15-17-7-3-2-4-8-17/h2-4,7-8,11,14,16,19-21H,5-6,9-10,12-13,15H2,1H3,(H,26,29)(H,27,28). The molecule has 0 aromatic heterocycles. The van der Waals surface area contributed by atoms with Crippen LogP contribution in [0.25, 0.3) is 0 Å². The van der Waals surface area contributed by atoms with Crippen LogP contribution in [0.4, 0.5) is 0 Å². The Balaban J connectivity index is 1.46. The first kappa shape index (κ1) is 21.2. The van der Waals surface area contributed by atoms with Gasteiger partial charge in [0.15, 0.2) is 11.5 Å². The van der Waals surface area contributed by atoms with E-state index in [1.165, 1.54) is 12.8 Å². The summed E-state index contributed by atoms with van der Waals surface area (Å²) in [5.74, 6) is 0.727. The van der Waals surface area contributed by atoms with Crippen LogP contribution in [0.2, 0.25) is 0 Å². The highest BCUT2D eigenvalue weighted by atomic mass is 16.5. The molecule has 1 unspecified atom stereocenters. The van der Waals surface area contributed by atoms with Gasteiger partial charge in [0, 0.05) is 18.0 Å². The molecule has 2 aliphatic carbocycles. The number of hydrogen-bond donors (Lipinski definition) is 2. The molecular weight excluding hydrogens is 392 g/mol. The van der Waals surface area contributed by atoms with E-state index < -0.39 is 6.04 Å². The maximum Gasteiger partial charge on any atom is 0.252 e. The van der Waals surface area contributed by atoms with Crippen molar-refractivity contribution >= 4 is 11.8 Å². The van der Waals surface area contributed by atoms with Gasteiger partial charge in [-0.15, -0.1) is 0 Å². The molecule has 2 aliphatic rings. The molecular formula is C25H30N2O4. The van der Waals surface area contributed by atoms with E-state index in [1.54, 1.807) is 25.3 Å². The molecule has 2 saturated carbocycles. The van der Waals surface area contributed by atoms with Gasteiger partial charge in [-0.05, 0) is 62.3 Å². The molecule has 6 heteroatoms. The smallest absolute Gasteiger partial charge is 0.252 e. The zero-order valence-electron chi connectivity index (χ0n) is 17.9. The van der Waals surface area contributed by atoms with Crippen molar-refractivity contribution in [2.75, 3.05) is 7.11 Å². The molecule has 0 spiro atoms. The van der Waals surface area contributed by atoms with Crippen LogP contribution >= 0.6 is 0 Å². The Hall–Kier alpha value is -3.02. The molecule has 4 rings (SSSR count). The molecule has 2 N–H and O–H groups in total. The number of nitrogens with one attached hydrogen (secondary N) is 2.